The highest BCUT2D eigenvalue weighted by Gasteiger charge is 2.20. The number of nitriles is 1. The Balaban J connectivity index is 2.04. The molecule has 0 spiro atoms. The summed E-state index contributed by atoms with van der Waals surface area (Å²) in [7, 11) is 0. The third-order valence-corrected chi connectivity index (χ3v) is 4.59. The summed E-state index contributed by atoms with van der Waals surface area (Å²) in [5.74, 6) is 0. The lowest BCUT2D eigenvalue weighted by Gasteiger charge is -2.11. The molecule has 96 valence electrons. The molecule has 0 aliphatic heterocycles. The monoisotopic (exact) mass is 260 g/mol. The van der Waals surface area contributed by atoms with E-state index in [0.29, 0.717) is 11.3 Å². The molecule has 0 heterocycles. The first-order valence-corrected chi connectivity index (χ1v) is 7.54. The van der Waals surface area contributed by atoms with E-state index in [1.165, 1.54) is 18.4 Å². The Bertz CT molecular complexity index is 446. The van der Waals surface area contributed by atoms with Gasteiger partial charge in [-0.15, -0.1) is 11.8 Å². The topological polar surface area (TPSA) is 35.8 Å². The molecule has 3 heteroatoms. The van der Waals surface area contributed by atoms with Crippen LogP contribution in [0, 0.1) is 11.3 Å². The molecule has 1 fully saturated rings. The van der Waals surface area contributed by atoms with Crippen molar-refractivity contribution >= 4 is 11.8 Å². The third-order valence-electron chi connectivity index (χ3n) is 3.24. The van der Waals surface area contributed by atoms with Gasteiger partial charge in [0, 0.05) is 22.7 Å². The molecular formula is C15H20N2S. The maximum atomic E-state index is 9.23. The number of rotatable bonds is 6. The van der Waals surface area contributed by atoms with Gasteiger partial charge >= 0.3 is 0 Å². The Morgan fingerprint density at radius 1 is 1.50 bits per heavy atom. The second-order valence-corrected chi connectivity index (χ2v) is 6.41. The fraction of sp³-hybridized carbons (Fsp3) is 0.533. The quantitative estimate of drug-likeness (QED) is 0.792. The fourth-order valence-electron chi connectivity index (χ4n) is 1.73. The zero-order valence-corrected chi connectivity index (χ0v) is 11.9. The Labute approximate surface area is 114 Å². The lowest BCUT2D eigenvalue weighted by atomic mass is 10.1. The molecule has 2 rings (SSSR count). The van der Waals surface area contributed by atoms with E-state index < -0.39 is 0 Å². The van der Waals surface area contributed by atoms with E-state index in [4.69, 9.17) is 0 Å². The van der Waals surface area contributed by atoms with Crippen LogP contribution in [-0.4, -0.2) is 11.3 Å². The summed E-state index contributed by atoms with van der Waals surface area (Å²) < 4.78 is 0. The van der Waals surface area contributed by atoms with Gasteiger partial charge in [-0.05, 0) is 37.0 Å². The largest absolute Gasteiger partial charge is 0.310 e. The molecule has 0 amide bonds. The van der Waals surface area contributed by atoms with Crippen molar-refractivity contribution in [1.29, 1.82) is 5.26 Å². The summed E-state index contributed by atoms with van der Waals surface area (Å²) in [4.78, 5) is 1.11. The van der Waals surface area contributed by atoms with Crippen LogP contribution in [0.3, 0.4) is 0 Å². The van der Waals surface area contributed by atoms with Crippen LogP contribution in [-0.2, 0) is 6.54 Å². The Hall–Kier alpha value is -0.980. The summed E-state index contributed by atoms with van der Waals surface area (Å²) in [5, 5.41) is 13.3. The lowest BCUT2D eigenvalue weighted by molar-refractivity contribution is 0.687. The van der Waals surface area contributed by atoms with Crippen LogP contribution < -0.4 is 5.32 Å². The smallest absolute Gasteiger partial charge is 0.100 e. The average Bonchev–Trinajstić information content (AvgIpc) is 3.21. The van der Waals surface area contributed by atoms with Crippen LogP contribution in [0.5, 0.6) is 0 Å². The van der Waals surface area contributed by atoms with Crippen molar-refractivity contribution in [2.45, 2.75) is 55.8 Å². The van der Waals surface area contributed by atoms with Gasteiger partial charge in [0.05, 0.1) is 5.56 Å². The van der Waals surface area contributed by atoms with Gasteiger partial charge in [0.2, 0.25) is 0 Å². The van der Waals surface area contributed by atoms with Crippen LogP contribution >= 0.6 is 11.8 Å². The Kier molecular flexibility index (Phi) is 4.68. The number of thioether (sulfide) groups is 1. The predicted molar refractivity (Wildman–Crippen MR) is 76.6 cm³/mol. The third kappa shape index (κ3) is 3.76. The van der Waals surface area contributed by atoms with Crippen LogP contribution in [0.25, 0.3) is 0 Å². The van der Waals surface area contributed by atoms with E-state index in [-0.39, 0.29) is 0 Å². The minimum atomic E-state index is 0.563. The van der Waals surface area contributed by atoms with Crippen LogP contribution in [0.1, 0.15) is 44.2 Å². The second kappa shape index (κ2) is 6.26. The molecule has 18 heavy (non-hydrogen) atoms. The van der Waals surface area contributed by atoms with E-state index in [2.05, 4.69) is 37.4 Å². The molecule has 0 bridgehead atoms. The minimum Gasteiger partial charge on any atom is -0.310 e. The number of hydrogen-bond donors (Lipinski definition) is 1. The molecule has 0 saturated heterocycles. The van der Waals surface area contributed by atoms with Crippen molar-refractivity contribution in [2.75, 3.05) is 0 Å². The van der Waals surface area contributed by atoms with Gasteiger partial charge in [-0.3, -0.25) is 0 Å². The zero-order chi connectivity index (χ0) is 13.0. The lowest BCUT2D eigenvalue weighted by Crippen LogP contribution is -2.15. The van der Waals surface area contributed by atoms with Gasteiger partial charge in [-0.2, -0.15) is 5.26 Å². The van der Waals surface area contributed by atoms with E-state index in [9.17, 15) is 5.26 Å². The molecule has 1 unspecified atom stereocenters. The molecule has 1 atom stereocenters. The van der Waals surface area contributed by atoms with Gasteiger partial charge in [-0.1, -0.05) is 19.9 Å². The fourth-order valence-corrected chi connectivity index (χ4v) is 2.71. The van der Waals surface area contributed by atoms with Crippen molar-refractivity contribution in [3.8, 4) is 6.07 Å². The van der Waals surface area contributed by atoms with Gasteiger partial charge in [0.15, 0.2) is 0 Å². The van der Waals surface area contributed by atoms with E-state index in [1.54, 1.807) is 11.8 Å². The molecule has 1 aliphatic rings. The van der Waals surface area contributed by atoms with E-state index >= 15 is 0 Å². The molecule has 0 aromatic heterocycles. The van der Waals surface area contributed by atoms with Crippen LogP contribution in [0.4, 0.5) is 0 Å². The molecular weight excluding hydrogens is 240 g/mol. The summed E-state index contributed by atoms with van der Waals surface area (Å²) in [6.07, 6.45) is 3.72. The van der Waals surface area contributed by atoms with Crippen molar-refractivity contribution in [3.63, 3.8) is 0 Å². The summed E-state index contributed by atoms with van der Waals surface area (Å²) in [5.41, 5.74) is 2.03. The summed E-state index contributed by atoms with van der Waals surface area (Å²) in [6, 6.07) is 9.30. The maximum absolute atomic E-state index is 9.23. The van der Waals surface area contributed by atoms with Crippen LogP contribution in [0.2, 0.25) is 0 Å². The van der Waals surface area contributed by atoms with Gasteiger partial charge < -0.3 is 5.32 Å². The molecule has 0 radical (unpaired) electrons. The Morgan fingerprint density at radius 3 is 2.89 bits per heavy atom. The SMILES string of the molecule is CCC(C)Sc1ccc(CNC2CC2)cc1C#N. The van der Waals surface area contributed by atoms with Crippen molar-refractivity contribution in [3.05, 3.63) is 29.3 Å². The highest BCUT2D eigenvalue weighted by atomic mass is 32.2. The van der Waals surface area contributed by atoms with Crippen molar-refractivity contribution in [2.24, 2.45) is 0 Å². The first kappa shape index (κ1) is 13.5. The average molecular weight is 260 g/mol. The molecule has 1 aliphatic carbocycles. The highest BCUT2D eigenvalue weighted by Crippen LogP contribution is 2.29. The second-order valence-electron chi connectivity index (χ2n) is 4.93. The molecule has 1 aromatic carbocycles. The van der Waals surface area contributed by atoms with Gasteiger partial charge in [-0.25, -0.2) is 0 Å². The summed E-state index contributed by atoms with van der Waals surface area (Å²) >= 11 is 1.80. The van der Waals surface area contributed by atoms with Gasteiger partial charge in [0.25, 0.3) is 0 Å². The first-order chi connectivity index (χ1) is 8.72. The van der Waals surface area contributed by atoms with E-state index in [1.807, 2.05) is 6.07 Å². The number of hydrogen-bond acceptors (Lipinski definition) is 3. The molecule has 1 saturated carbocycles. The number of benzene rings is 1. The highest BCUT2D eigenvalue weighted by molar-refractivity contribution is 8.00. The van der Waals surface area contributed by atoms with Gasteiger partial charge in [0.1, 0.15) is 6.07 Å². The molecule has 1 aromatic rings. The Morgan fingerprint density at radius 2 is 2.28 bits per heavy atom. The van der Waals surface area contributed by atoms with Crippen LogP contribution in [0.15, 0.2) is 23.1 Å². The number of nitrogens with one attached hydrogen (secondary N) is 1. The van der Waals surface area contributed by atoms with Crippen molar-refractivity contribution in [1.82, 2.24) is 5.32 Å². The first-order valence-electron chi connectivity index (χ1n) is 6.66. The summed E-state index contributed by atoms with van der Waals surface area (Å²) in [6.45, 7) is 5.26. The standard InChI is InChI=1S/C15H20N2S/c1-3-11(2)18-15-7-4-12(8-13(15)9-16)10-17-14-5-6-14/h4,7-8,11,14,17H,3,5-6,10H2,1-2H3. The predicted octanol–water partition coefficient (Wildman–Crippen LogP) is 3.70. The zero-order valence-electron chi connectivity index (χ0n) is 11.1. The molecule has 1 N–H and O–H groups in total. The van der Waals surface area contributed by atoms with Crippen molar-refractivity contribution < 1.29 is 0 Å². The van der Waals surface area contributed by atoms with E-state index in [0.717, 1.165) is 23.4 Å². The maximum Gasteiger partial charge on any atom is 0.100 e. The minimum absolute atomic E-state index is 0.563. The normalized spacial score (nSPS) is 16.3. The molecule has 2 nitrogen and oxygen atoms in total. The number of nitrogens with zero attached hydrogens (tertiary/aromatic N) is 1.